The maximum absolute atomic E-state index is 12.6. The van der Waals surface area contributed by atoms with Crippen LogP contribution >= 0.6 is 0 Å². The quantitative estimate of drug-likeness (QED) is 0.107. The van der Waals surface area contributed by atoms with Crippen LogP contribution in [-0.4, -0.2) is 88.9 Å². The van der Waals surface area contributed by atoms with Gasteiger partial charge in [0.2, 0.25) is 5.78 Å². The molecule has 0 aromatic rings. The molecule has 10 heteroatoms. The van der Waals surface area contributed by atoms with Crippen LogP contribution in [-0.2, 0) is 14.9 Å². The molecule has 0 fully saturated rings. The largest absolute Gasteiger partial charge is 1.00 e. The molecule has 150 valence electrons. The fraction of sp³-hybridized carbons (Fsp3) is 0.765. The number of ketones is 1. The zero-order chi connectivity index (χ0) is 19.6. The standard InChI is InChI=1S/C17H30N2O6S.Na/c1-2-3-4-5-6-7-8-16(22)17-18(11-12-20)9-10-19(17)13-15(21)14-26(23,24)25;/h3-4,15,20-21H,2,5-14H2,1H3;/q;+1/b4-3+;. The van der Waals surface area contributed by atoms with E-state index in [0.29, 0.717) is 31.9 Å². The molecule has 1 aliphatic heterocycles. The van der Waals surface area contributed by atoms with Crippen LogP contribution in [0.15, 0.2) is 12.2 Å². The summed E-state index contributed by atoms with van der Waals surface area (Å²) in [7, 11) is -4.53. The summed E-state index contributed by atoms with van der Waals surface area (Å²) < 4.78 is 34.0. The fourth-order valence-electron chi connectivity index (χ4n) is 3.01. The van der Waals surface area contributed by atoms with Gasteiger partial charge >= 0.3 is 35.4 Å². The normalized spacial score (nSPS) is 16.1. The Hall–Kier alpha value is -0.290. The minimum atomic E-state index is -4.53. The van der Waals surface area contributed by atoms with Crippen LogP contribution in [0.2, 0.25) is 0 Å². The van der Waals surface area contributed by atoms with Gasteiger partial charge in [-0.15, -0.1) is 0 Å². The van der Waals surface area contributed by atoms with Gasteiger partial charge in [0.15, 0.2) is 0 Å². The number of unbranched alkanes of at least 4 members (excludes halogenated alkanes) is 2. The number of rotatable bonds is 13. The SMILES string of the molecule is CC/C=C/CCCCC(=O)C1=[N+](CC(O)CS(=O)(=O)[O-])CCN1CCO.[Na+]. The Labute approximate surface area is 184 Å². The fourth-order valence-corrected chi connectivity index (χ4v) is 3.59. The van der Waals surface area contributed by atoms with E-state index in [-0.39, 0.29) is 48.5 Å². The van der Waals surface area contributed by atoms with E-state index in [9.17, 15) is 28.0 Å². The molecule has 0 saturated carbocycles. The summed E-state index contributed by atoms with van der Waals surface area (Å²) in [6.07, 6.45) is 6.71. The second-order valence-corrected chi connectivity index (χ2v) is 7.86. The van der Waals surface area contributed by atoms with Crippen molar-refractivity contribution in [3.63, 3.8) is 0 Å². The third-order valence-corrected chi connectivity index (χ3v) is 4.91. The first-order chi connectivity index (χ1) is 12.3. The van der Waals surface area contributed by atoms with Crippen molar-refractivity contribution in [3.8, 4) is 0 Å². The first-order valence-corrected chi connectivity index (χ1v) is 10.6. The second-order valence-electron chi connectivity index (χ2n) is 6.41. The molecule has 0 aliphatic carbocycles. The summed E-state index contributed by atoms with van der Waals surface area (Å²) in [5.41, 5.74) is 0. The summed E-state index contributed by atoms with van der Waals surface area (Å²) in [6, 6.07) is 0. The van der Waals surface area contributed by atoms with Gasteiger partial charge in [-0.25, -0.2) is 8.42 Å². The molecule has 1 heterocycles. The number of aliphatic hydroxyl groups is 2. The van der Waals surface area contributed by atoms with Crippen LogP contribution in [0, 0.1) is 0 Å². The molecule has 27 heavy (non-hydrogen) atoms. The summed E-state index contributed by atoms with van der Waals surface area (Å²) in [5.74, 6) is -0.576. The van der Waals surface area contributed by atoms with Gasteiger partial charge in [-0.1, -0.05) is 19.1 Å². The Bertz CT molecular complexity index is 621. The molecule has 8 nitrogen and oxygen atoms in total. The molecule has 1 atom stereocenters. The maximum atomic E-state index is 12.6. The molecular weight excluding hydrogens is 383 g/mol. The van der Waals surface area contributed by atoms with Crippen molar-refractivity contribution in [2.24, 2.45) is 0 Å². The van der Waals surface area contributed by atoms with Gasteiger partial charge in [0.25, 0.3) is 0 Å². The molecular formula is C17H30N2NaO6S+. The van der Waals surface area contributed by atoms with Gasteiger partial charge in [-0.05, 0) is 25.7 Å². The number of carbonyl (C=O) groups excluding carboxylic acids is 1. The second kappa shape index (κ2) is 13.8. The molecule has 0 aromatic carbocycles. The topological polar surface area (TPSA) is 121 Å². The number of hydrogen-bond acceptors (Lipinski definition) is 7. The Balaban J connectivity index is 0.00000676. The Kier molecular flexibility index (Phi) is 13.7. The van der Waals surface area contributed by atoms with Crippen LogP contribution < -0.4 is 29.6 Å². The molecule has 0 radical (unpaired) electrons. The predicted octanol–water partition coefficient (Wildman–Crippen LogP) is -3.29. The Morgan fingerprint density at radius 1 is 1.37 bits per heavy atom. The van der Waals surface area contributed by atoms with E-state index >= 15 is 0 Å². The number of aliphatic hydroxyl groups excluding tert-OH is 2. The van der Waals surface area contributed by atoms with E-state index in [1.165, 1.54) is 0 Å². The van der Waals surface area contributed by atoms with E-state index in [2.05, 4.69) is 19.1 Å². The van der Waals surface area contributed by atoms with Gasteiger partial charge in [-0.2, -0.15) is 0 Å². The predicted molar refractivity (Wildman–Crippen MR) is 97.1 cm³/mol. The van der Waals surface area contributed by atoms with E-state index in [4.69, 9.17) is 0 Å². The van der Waals surface area contributed by atoms with Gasteiger partial charge in [0.1, 0.15) is 32.3 Å². The van der Waals surface area contributed by atoms with E-state index < -0.39 is 22.0 Å². The monoisotopic (exact) mass is 413 g/mol. The van der Waals surface area contributed by atoms with Gasteiger partial charge < -0.3 is 14.8 Å². The zero-order valence-corrected chi connectivity index (χ0v) is 19.2. The zero-order valence-electron chi connectivity index (χ0n) is 16.3. The maximum Gasteiger partial charge on any atom is 1.00 e. The van der Waals surface area contributed by atoms with Crippen molar-refractivity contribution in [1.82, 2.24) is 4.90 Å². The Morgan fingerprint density at radius 2 is 2.07 bits per heavy atom. The number of nitrogens with zero attached hydrogens (tertiary/aromatic N) is 2. The third-order valence-electron chi connectivity index (χ3n) is 4.11. The minimum absolute atomic E-state index is 0. The molecule has 1 unspecified atom stereocenters. The summed E-state index contributed by atoms with van der Waals surface area (Å²) in [5, 5.41) is 19.0. The van der Waals surface area contributed by atoms with E-state index in [1.807, 2.05) is 0 Å². The number of carbonyl (C=O) groups is 1. The van der Waals surface area contributed by atoms with Crippen molar-refractivity contribution < 1.29 is 62.1 Å². The smallest absolute Gasteiger partial charge is 0.748 e. The van der Waals surface area contributed by atoms with E-state index in [0.717, 1.165) is 25.7 Å². The number of Topliss-reactive ketones (excluding diaryl/α,β-unsaturated/α-hetero) is 1. The summed E-state index contributed by atoms with van der Waals surface area (Å²) in [4.78, 5) is 14.4. The number of amidine groups is 1. The van der Waals surface area contributed by atoms with Gasteiger partial charge in [0, 0.05) is 6.42 Å². The van der Waals surface area contributed by atoms with Crippen LogP contribution in [0.3, 0.4) is 0 Å². The average Bonchev–Trinajstić information content (AvgIpc) is 2.91. The average molecular weight is 413 g/mol. The number of β-amino-alcohol motifs (C(OH)–C–C–N with tert-alkyl or cyclic N) is 2. The molecule has 0 amide bonds. The molecule has 2 N–H and O–H groups in total. The first-order valence-electron chi connectivity index (χ1n) is 9.06. The van der Waals surface area contributed by atoms with Crippen molar-refractivity contribution in [1.29, 1.82) is 0 Å². The molecule has 1 aliphatic rings. The van der Waals surface area contributed by atoms with Crippen molar-refractivity contribution in [3.05, 3.63) is 12.2 Å². The van der Waals surface area contributed by atoms with E-state index in [1.54, 1.807) is 9.48 Å². The number of allylic oxidation sites excluding steroid dienone is 2. The van der Waals surface area contributed by atoms with Crippen molar-refractivity contribution in [2.75, 3.05) is 38.5 Å². The van der Waals surface area contributed by atoms with Crippen molar-refractivity contribution in [2.45, 2.75) is 45.1 Å². The third kappa shape index (κ3) is 10.7. The van der Waals surface area contributed by atoms with Crippen LogP contribution in [0.5, 0.6) is 0 Å². The molecule has 0 aromatic heterocycles. The van der Waals surface area contributed by atoms with Crippen LogP contribution in [0.4, 0.5) is 0 Å². The Morgan fingerprint density at radius 3 is 2.67 bits per heavy atom. The van der Waals surface area contributed by atoms with Gasteiger partial charge in [0.05, 0.1) is 22.5 Å². The summed E-state index contributed by atoms with van der Waals surface area (Å²) in [6.45, 7) is 3.11. The molecule has 1 rings (SSSR count). The van der Waals surface area contributed by atoms with Gasteiger partial charge in [-0.3, -0.25) is 14.3 Å². The minimum Gasteiger partial charge on any atom is -0.748 e. The van der Waals surface area contributed by atoms with Crippen molar-refractivity contribution >= 4 is 21.7 Å². The molecule has 0 spiro atoms. The number of hydrogen-bond donors (Lipinski definition) is 2. The van der Waals surface area contributed by atoms with Crippen LogP contribution in [0.25, 0.3) is 0 Å². The summed E-state index contributed by atoms with van der Waals surface area (Å²) >= 11 is 0. The molecule has 0 saturated heterocycles. The van der Waals surface area contributed by atoms with Crippen LogP contribution in [0.1, 0.15) is 39.0 Å². The first kappa shape index (κ1) is 26.7. The molecule has 0 bridgehead atoms.